The van der Waals surface area contributed by atoms with Crippen LogP contribution < -0.4 is 4.74 Å². The van der Waals surface area contributed by atoms with Crippen LogP contribution >= 0.6 is 24.0 Å². The normalized spacial score (nSPS) is 11.1. The quantitative estimate of drug-likeness (QED) is 0.422. The summed E-state index contributed by atoms with van der Waals surface area (Å²) in [6.07, 6.45) is 3.81. The molecule has 0 bridgehead atoms. The van der Waals surface area contributed by atoms with Gasteiger partial charge in [-0.05, 0) is 48.3 Å². The van der Waals surface area contributed by atoms with Crippen molar-refractivity contribution in [2.45, 2.75) is 4.90 Å². The van der Waals surface area contributed by atoms with Crippen LogP contribution in [0.25, 0.3) is 11.4 Å². The van der Waals surface area contributed by atoms with Gasteiger partial charge in [0.1, 0.15) is 5.75 Å². The standard InChI is InChI=1S/C17H16N4OS2/c1-22-14-5-3-4-13(10-14)16-19-20-17(23)21(16)18-11-12-6-8-15(24-2)9-7-12/h3-11H,1-2H3,(H,20,23)/b18-11+. The molecule has 0 radical (unpaired) electrons. The maximum Gasteiger partial charge on any atom is 0.216 e. The zero-order valence-corrected chi connectivity index (χ0v) is 14.9. The van der Waals surface area contributed by atoms with E-state index < -0.39 is 0 Å². The molecule has 5 nitrogen and oxygen atoms in total. The van der Waals surface area contributed by atoms with Crippen LogP contribution in [0.5, 0.6) is 5.75 Å². The predicted molar refractivity (Wildman–Crippen MR) is 101 cm³/mol. The van der Waals surface area contributed by atoms with Crippen molar-refractivity contribution in [2.75, 3.05) is 13.4 Å². The summed E-state index contributed by atoms with van der Waals surface area (Å²) in [7, 11) is 1.63. The van der Waals surface area contributed by atoms with Gasteiger partial charge < -0.3 is 4.74 Å². The molecule has 24 heavy (non-hydrogen) atoms. The van der Waals surface area contributed by atoms with Crippen molar-refractivity contribution in [3.05, 3.63) is 58.9 Å². The molecule has 1 aromatic heterocycles. The monoisotopic (exact) mass is 356 g/mol. The number of hydrogen-bond donors (Lipinski definition) is 1. The van der Waals surface area contributed by atoms with Gasteiger partial charge in [-0.1, -0.05) is 24.3 Å². The van der Waals surface area contributed by atoms with Crippen LogP contribution in [0, 0.1) is 4.77 Å². The number of nitrogens with one attached hydrogen (secondary N) is 1. The average molecular weight is 356 g/mol. The van der Waals surface area contributed by atoms with Crippen LogP contribution in [0.4, 0.5) is 0 Å². The van der Waals surface area contributed by atoms with Crippen molar-refractivity contribution in [2.24, 2.45) is 5.10 Å². The minimum absolute atomic E-state index is 0.435. The number of benzene rings is 2. The van der Waals surface area contributed by atoms with Gasteiger partial charge in [-0.2, -0.15) is 14.9 Å². The largest absolute Gasteiger partial charge is 0.497 e. The number of rotatable bonds is 5. The van der Waals surface area contributed by atoms with Crippen molar-refractivity contribution >= 4 is 30.2 Å². The summed E-state index contributed by atoms with van der Waals surface area (Å²) in [5.74, 6) is 1.39. The summed E-state index contributed by atoms with van der Waals surface area (Å²) in [6.45, 7) is 0. The minimum atomic E-state index is 0.435. The third-order valence-electron chi connectivity index (χ3n) is 3.42. The third kappa shape index (κ3) is 3.58. The highest BCUT2D eigenvalue weighted by Crippen LogP contribution is 2.22. The second-order valence-electron chi connectivity index (χ2n) is 4.91. The summed E-state index contributed by atoms with van der Waals surface area (Å²) >= 11 is 6.99. The van der Waals surface area contributed by atoms with E-state index in [0.717, 1.165) is 16.9 Å². The first kappa shape index (κ1) is 16.5. The Balaban J connectivity index is 1.94. The third-order valence-corrected chi connectivity index (χ3v) is 4.42. The Hall–Kier alpha value is -2.38. The molecule has 1 N–H and O–H groups in total. The predicted octanol–water partition coefficient (Wildman–Crippen LogP) is 4.22. The lowest BCUT2D eigenvalue weighted by atomic mass is 10.2. The van der Waals surface area contributed by atoms with Gasteiger partial charge in [-0.3, -0.25) is 0 Å². The molecule has 0 atom stereocenters. The Labute approximate surface area is 149 Å². The van der Waals surface area contributed by atoms with E-state index >= 15 is 0 Å². The van der Waals surface area contributed by atoms with Gasteiger partial charge in [0.15, 0.2) is 5.82 Å². The highest BCUT2D eigenvalue weighted by Gasteiger charge is 2.08. The first-order valence-electron chi connectivity index (χ1n) is 7.21. The van der Waals surface area contributed by atoms with E-state index in [-0.39, 0.29) is 0 Å². The molecule has 0 aliphatic rings. The van der Waals surface area contributed by atoms with Crippen LogP contribution in [-0.4, -0.2) is 34.5 Å². The van der Waals surface area contributed by atoms with E-state index in [9.17, 15) is 0 Å². The Morgan fingerprint density at radius 1 is 1.25 bits per heavy atom. The van der Waals surface area contributed by atoms with Crippen molar-refractivity contribution in [3.8, 4) is 17.1 Å². The van der Waals surface area contributed by atoms with Crippen LogP contribution in [0.15, 0.2) is 58.5 Å². The zero-order chi connectivity index (χ0) is 16.9. The minimum Gasteiger partial charge on any atom is -0.497 e. The van der Waals surface area contributed by atoms with E-state index in [0.29, 0.717) is 10.6 Å². The number of aromatic nitrogens is 3. The fraction of sp³-hybridized carbons (Fsp3) is 0.118. The molecule has 7 heteroatoms. The Kier molecular flexibility index (Phi) is 5.12. The van der Waals surface area contributed by atoms with Gasteiger partial charge in [0.25, 0.3) is 0 Å². The molecule has 0 saturated carbocycles. The first-order valence-corrected chi connectivity index (χ1v) is 8.85. The number of aromatic amines is 1. The van der Waals surface area contributed by atoms with Gasteiger partial charge >= 0.3 is 0 Å². The molecular weight excluding hydrogens is 340 g/mol. The number of methoxy groups -OCH3 is 1. The highest BCUT2D eigenvalue weighted by molar-refractivity contribution is 7.98. The molecule has 0 saturated heterocycles. The van der Waals surface area contributed by atoms with E-state index in [2.05, 4.69) is 27.4 Å². The van der Waals surface area contributed by atoms with Crippen LogP contribution in [0.1, 0.15) is 5.56 Å². The van der Waals surface area contributed by atoms with E-state index in [1.807, 2.05) is 42.7 Å². The average Bonchev–Trinajstić information content (AvgIpc) is 3.01. The number of nitrogens with zero attached hydrogens (tertiary/aromatic N) is 3. The Morgan fingerprint density at radius 3 is 2.75 bits per heavy atom. The number of thioether (sulfide) groups is 1. The van der Waals surface area contributed by atoms with Crippen molar-refractivity contribution < 1.29 is 4.74 Å². The molecule has 0 aliphatic carbocycles. The lowest BCUT2D eigenvalue weighted by Gasteiger charge is -2.04. The highest BCUT2D eigenvalue weighted by atomic mass is 32.2. The van der Waals surface area contributed by atoms with Crippen molar-refractivity contribution in [1.82, 2.24) is 14.9 Å². The van der Waals surface area contributed by atoms with Gasteiger partial charge in [-0.15, -0.1) is 11.8 Å². The summed E-state index contributed by atoms with van der Waals surface area (Å²) in [6, 6.07) is 15.8. The molecule has 2 aromatic carbocycles. The van der Waals surface area contributed by atoms with Crippen LogP contribution in [0.2, 0.25) is 0 Å². The molecule has 0 fully saturated rings. The van der Waals surface area contributed by atoms with Crippen LogP contribution in [-0.2, 0) is 0 Å². The number of H-pyrrole nitrogens is 1. The van der Waals surface area contributed by atoms with E-state index in [4.69, 9.17) is 17.0 Å². The fourth-order valence-corrected chi connectivity index (χ4v) is 2.75. The van der Waals surface area contributed by atoms with Crippen molar-refractivity contribution in [3.63, 3.8) is 0 Å². The van der Waals surface area contributed by atoms with Gasteiger partial charge in [-0.25, -0.2) is 5.10 Å². The second-order valence-corrected chi connectivity index (χ2v) is 6.18. The maximum absolute atomic E-state index is 5.29. The lowest BCUT2D eigenvalue weighted by Crippen LogP contribution is -1.95. The van der Waals surface area contributed by atoms with Crippen LogP contribution in [0.3, 0.4) is 0 Å². The molecule has 3 rings (SSSR count). The molecule has 0 aliphatic heterocycles. The Bertz CT molecular complexity index is 913. The van der Waals surface area contributed by atoms with Crippen molar-refractivity contribution in [1.29, 1.82) is 0 Å². The zero-order valence-electron chi connectivity index (χ0n) is 13.3. The molecule has 0 unspecified atom stereocenters. The van der Waals surface area contributed by atoms with Gasteiger partial charge in [0.05, 0.1) is 13.3 Å². The fourth-order valence-electron chi connectivity index (χ4n) is 2.16. The van der Waals surface area contributed by atoms with E-state index in [1.165, 1.54) is 4.90 Å². The molecule has 122 valence electrons. The first-order chi connectivity index (χ1) is 11.7. The molecule has 3 aromatic rings. The Morgan fingerprint density at radius 2 is 2.04 bits per heavy atom. The molecule has 0 spiro atoms. The molecular formula is C17H16N4OS2. The number of ether oxygens (including phenoxy) is 1. The summed E-state index contributed by atoms with van der Waals surface area (Å²) < 4.78 is 7.30. The molecule has 0 amide bonds. The number of hydrogen-bond acceptors (Lipinski definition) is 5. The lowest BCUT2D eigenvalue weighted by molar-refractivity contribution is 0.415. The van der Waals surface area contributed by atoms with Gasteiger partial charge in [0.2, 0.25) is 4.77 Å². The van der Waals surface area contributed by atoms with E-state index in [1.54, 1.807) is 29.8 Å². The smallest absolute Gasteiger partial charge is 0.216 e. The summed E-state index contributed by atoms with van der Waals surface area (Å²) in [5.41, 5.74) is 1.86. The summed E-state index contributed by atoms with van der Waals surface area (Å²) in [4.78, 5) is 1.21. The second kappa shape index (κ2) is 7.46. The topological polar surface area (TPSA) is 55.2 Å². The maximum atomic E-state index is 5.29. The van der Waals surface area contributed by atoms with Gasteiger partial charge in [0, 0.05) is 10.5 Å². The SMILES string of the molecule is COc1cccc(-c2n[nH]c(=S)n2/N=C/c2ccc(SC)cc2)c1. The molecule has 1 heterocycles. The summed E-state index contributed by atoms with van der Waals surface area (Å²) in [5, 5.41) is 11.5.